The van der Waals surface area contributed by atoms with Crippen LogP contribution in [-0.4, -0.2) is 24.0 Å². The van der Waals surface area contributed by atoms with Gasteiger partial charge in [0.25, 0.3) is 0 Å². The number of esters is 2. The van der Waals surface area contributed by atoms with Crippen LogP contribution in [0.3, 0.4) is 0 Å². The lowest BCUT2D eigenvalue weighted by Crippen LogP contribution is -2.08. The zero-order valence-electron chi connectivity index (χ0n) is 12.0. The number of hydrogen-bond acceptors (Lipinski definition) is 6. The van der Waals surface area contributed by atoms with Crippen LogP contribution < -0.4 is 0 Å². The minimum atomic E-state index is -0.803. The van der Waals surface area contributed by atoms with Gasteiger partial charge in [0.1, 0.15) is 23.7 Å². The predicted octanol–water partition coefficient (Wildman–Crippen LogP) is 4.09. The van der Waals surface area contributed by atoms with Crippen molar-refractivity contribution in [3.8, 4) is 0 Å². The van der Waals surface area contributed by atoms with E-state index in [0.717, 1.165) is 0 Å². The Kier molecular flexibility index (Phi) is 5.51. The SMILES string of the molecule is COC(=O)c1cc(COC(=O)c2ncc(Cl)c(Cl)c2Cl)oc1C. The first-order valence-electron chi connectivity index (χ1n) is 6.19. The molecule has 0 N–H and O–H groups in total. The van der Waals surface area contributed by atoms with Gasteiger partial charge in [0.2, 0.25) is 0 Å². The fraction of sp³-hybridized carbons (Fsp3) is 0.214. The second-order valence-corrected chi connectivity index (χ2v) is 5.50. The third-order valence-corrected chi connectivity index (χ3v) is 4.07. The molecule has 0 radical (unpaired) electrons. The summed E-state index contributed by atoms with van der Waals surface area (Å²) in [5, 5.41) is 0.0322. The number of methoxy groups -OCH3 is 1. The highest BCUT2D eigenvalue weighted by Gasteiger charge is 2.20. The number of carbonyl (C=O) groups is 2. The second kappa shape index (κ2) is 7.21. The van der Waals surface area contributed by atoms with Gasteiger partial charge in [-0.25, -0.2) is 14.6 Å². The van der Waals surface area contributed by atoms with E-state index in [1.165, 1.54) is 19.4 Å². The van der Waals surface area contributed by atoms with Gasteiger partial charge in [0, 0.05) is 6.20 Å². The average Bonchev–Trinajstić information content (AvgIpc) is 2.90. The maximum absolute atomic E-state index is 12.0. The van der Waals surface area contributed by atoms with Crippen molar-refractivity contribution in [1.82, 2.24) is 4.98 Å². The summed E-state index contributed by atoms with van der Waals surface area (Å²) in [6.07, 6.45) is 1.19. The molecule has 0 unspecified atom stereocenters. The maximum atomic E-state index is 12.0. The summed E-state index contributed by atoms with van der Waals surface area (Å²) in [6.45, 7) is 1.38. The van der Waals surface area contributed by atoms with E-state index < -0.39 is 11.9 Å². The molecule has 0 amide bonds. The number of furan rings is 1. The Hall–Kier alpha value is -1.76. The molecule has 0 bridgehead atoms. The van der Waals surface area contributed by atoms with Crippen molar-refractivity contribution >= 4 is 46.7 Å². The topological polar surface area (TPSA) is 78.6 Å². The van der Waals surface area contributed by atoms with E-state index in [9.17, 15) is 9.59 Å². The van der Waals surface area contributed by atoms with Gasteiger partial charge in [0.05, 0.1) is 22.2 Å². The number of pyridine rings is 1. The number of aromatic nitrogens is 1. The molecular formula is C14H10Cl3NO5. The van der Waals surface area contributed by atoms with Crippen molar-refractivity contribution in [3.63, 3.8) is 0 Å². The number of rotatable bonds is 4. The smallest absolute Gasteiger partial charge is 0.358 e. The maximum Gasteiger partial charge on any atom is 0.358 e. The highest BCUT2D eigenvalue weighted by atomic mass is 35.5. The van der Waals surface area contributed by atoms with Gasteiger partial charge in [-0.1, -0.05) is 34.8 Å². The van der Waals surface area contributed by atoms with Crippen LogP contribution in [-0.2, 0) is 16.1 Å². The molecule has 6 nitrogen and oxygen atoms in total. The summed E-state index contributed by atoms with van der Waals surface area (Å²) in [6, 6.07) is 1.43. The van der Waals surface area contributed by atoms with Crippen molar-refractivity contribution in [1.29, 1.82) is 0 Å². The monoisotopic (exact) mass is 377 g/mol. The summed E-state index contributed by atoms with van der Waals surface area (Å²) < 4.78 is 15.0. The molecule has 0 spiro atoms. The molecule has 2 aromatic rings. The number of hydrogen-bond donors (Lipinski definition) is 0. The molecule has 2 rings (SSSR count). The summed E-state index contributed by atoms with van der Waals surface area (Å²) in [4.78, 5) is 27.2. The van der Waals surface area contributed by atoms with Crippen molar-refractivity contribution in [2.24, 2.45) is 0 Å². The lowest BCUT2D eigenvalue weighted by molar-refractivity contribution is 0.0437. The quantitative estimate of drug-likeness (QED) is 0.746. The minimum Gasteiger partial charge on any atom is -0.465 e. The molecule has 0 aliphatic heterocycles. The van der Waals surface area contributed by atoms with Gasteiger partial charge in [-0.15, -0.1) is 0 Å². The van der Waals surface area contributed by atoms with Gasteiger partial charge in [-0.05, 0) is 13.0 Å². The zero-order chi connectivity index (χ0) is 17.1. The lowest BCUT2D eigenvalue weighted by atomic mass is 10.2. The molecule has 2 aromatic heterocycles. The second-order valence-electron chi connectivity index (χ2n) is 4.33. The molecule has 0 aliphatic carbocycles. The first-order chi connectivity index (χ1) is 10.8. The Morgan fingerprint density at radius 2 is 1.91 bits per heavy atom. The predicted molar refractivity (Wildman–Crippen MR) is 83.2 cm³/mol. The molecule has 2 heterocycles. The first-order valence-corrected chi connectivity index (χ1v) is 7.32. The highest BCUT2D eigenvalue weighted by molar-refractivity contribution is 6.48. The Balaban J connectivity index is 2.11. The Labute approximate surface area is 146 Å². The average molecular weight is 379 g/mol. The molecule has 23 heavy (non-hydrogen) atoms. The highest BCUT2D eigenvalue weighted by Crippen LogP contribution is 2.31. The fourth-order valence-electron chi connectivity index (χ4n) is 1.72. The van der Waals surface area contributed by atoms with Gasteiger partial charge >= 0.3 is 11.9 Å². The third kappa shape index (κ3) is 3.77. The fourth-order valence-corrected chi connectivity index (χ4v) is 2.28. The van der Waals surface area contributed by atoms with Gasteiger partial charge in [0.15, 0.2) is 5.69 Å². The Morgan fingerprint density at radius 3 is 2.57 bits per heavy atom. The summed E-state index contributed by atoms with van der Waals surface area (Å²) >= 11 is 17.5. The van der Waals surface area contributed by atoms with Crippen LogP contribution in [0.5, 0.6) is 0 Å². The molecular weight excluding hydrogens is 369 g/mol. The largest absolute Gasteiger partial charge is 0.465 e. The van der Waals surface area contributed by atoms with Crippen LogP contribution in [0.4, 0.5) is 0 Å². The van der Waals surface area contributed by atoms with E-state index in [1.807, 2.05) is 0 Å². The molecule has 0 aliphatic rings. The third-order valence-electron chi connectivity index (χ3n) is 2.83. The van der Waals surface area contributed by atoms with Crippen LogP contribution in [0.25, 0.3) is 0 Å². The minimum absolute atomic E-state index is 0.0112. The van der Waals surface area contributed by atoms with E-state index in [1.54, 1.807) is 6.92 Å². The molecule has 9 heteroatoms. The van der Waals surface area contributed by atoms with E-state index in [-0.39, 0.29) is 38.7 Å². The van der Waals surface area contributed by atoms with Gasteiger partial charge in [-0.3, -0.25) is 0 Å². The molecule has 0 atom stereocenters. The number of halogens is 3. The van der Waals surface area contributed by atoms with Crippen molar-refractivity contribution < 1.29 is 23.5 Å². The molecule has 0 aromatic carbocycles. The van der Waals surface area contributed by atoms with Crippen LogP contribution in [0.15, 0.2) is 16.7 Å². The molecule has 0 fully saturated rings. The number of nitrogens with zero attached hydrogens (tertiary/aromatic N) is 1. The van der Waals surface area contributed by atoms with Crippen LogP contribution in [0, 0.1) is 6.92 Å². The number of ether oxygens (including phenoxy) is 2. The summed E-state index contributed by atoms with van der Waals surface area (Å²) in [5.74, 6) is -0.721. The van der Waals surface area contributed by atoms with Crippen molar-refractivity contribution in [3.05, 3.63) is 50.1 Å². The zero-order valence-corrected chi connectivity index (χ0v) is 14.3. The molecule has 0 saturated heterocycles. The van der Waals surface area contributed by atoms with Crippen LogP contribution in [0.2, 0.25) is 15.1 Å². The van der Waals surface area contributed by atoms with Gasteiger partial charge < -0.3 is 13.9 Å². The van der Waals surface area contributed by atoms with E-state index in [0.29, 0.717) is 5.76 Å². The number of carbonyl (C=O) groups excluding carboxylic acids is 2. The Bertz CT molecular complexity index is 772. The molecule has 122 valence electrons. The summed E-state index contributed by atoms with van der Waals surface area (Å²) in [5.41, 5.74) is 0.0850. The Morgan fingerprint density at radius 1 is 1.22 bits per heavy atom. The van der Waals surface area contributed by atoms with Crippen molar-refractivity contribution in [2.75, 3.05) is 7.11 Å². The van der Waals surface area contributed by atoms with Crippen LogP contribution >= 0.6 is 34.8 Å². The molecule has 0 saturated carbocycles. The van der Waals surface area contributed by atoms with E-state index in [4.69, 9.17) is 44.0 Å². The first kappa shape index (κ1) is 17.6. The lowest BCUT2D eigenvalue weighted by Gasteiger charge is -2.06. The number of aryl methyl sites for hydroxylation is 1. The van der Waals surface area contributed by atoms with Crippen LogP contribution in [0.1, 0.15) is 32.4 Å². The normalized spacial score (nSPS) is 10.5. The summed E-state index contributed by atoms with van der Waals surface area (Å²) in [7, 11) is 1.26. The standard InChI is InChI=1S/C14H10Cl3NO5/c1-6-8(13(19)21-2)3-7(23-6)5-22-14(20)12-11(17)10(16)9(15)4-18-12/h3-4H,5H2,1-2H3. The van der Waals surface area contributed by atoms with E-state index in [2.05, 4.69) is 9.72 Å². The van der Waals surface area contributed by atoms with E-state index >= 15 is 0 Å². The van der Waals surface area contributed by atoms with Crippen molar-refractivity contribution in [2.45, 2.75) is 13.5 Å². The van der Waals surface area contributed by atoms with Gasteiger partial charge in [-0.2, -0.15) is 0 Å².